The van der Waals surface area contributed by atoms with E-state index in [1.807, 2.05) is 19.1 Å². The van der Waals surface area contributed by atoms with E-state index in [0.29, 0.717) is 5.56 Å². The molecule has 1 atom stereocenters. The van der Waals surface area contributed by atoms with Crippen molar-refractivity contribution in [1.82, 2.24) is 0 Å². The average molecular weight is 259 g/mol. The van der Waals surface area contributed by atoms with Crippen LogP contribution in [0.25, 0.3) is 0 Å². The third kappa shape index (κ3) is 5.44. The van der Waals surface area contributed by atoms with Crippen LogP contribution in [-0.4, -0.2) is 5.11 Å². The molecule has 0 heterocycles. The summed E-state index contributed by atoms with van der Waals surface area (Å²) >= 11 is 0. The molecule has 0 spiro atoms. The molecule has 2 heteroatoms. The average Bonchev–Trinajstić information content (AvgIpc) is 2.43. The first-order valence-corrected chi connectivity index (χ1v) is 7.33. The van der Waals surface area contributed by atoms with E-state index < -0.39 is 5.60 Å². The second kappa shape index (κ2) is 7.96. The molecular formula is C17H25NO. The van der Waals surface area contributed by atoms with E-state index in [4.69, 9.17) is 5.26 Å². The molecule has 2 nitrogen and oxygen atoms in total. The van der Waals surface area contributed by atoms with Crippen LogP contribution in [0.15, 0.2) is 24.3 Å². The fourth-order valence-corrected chi connectivity index (χ4v) is 2.32. The molecule has 0 aliphatic carbocycles. The van der Waals surface area contributed by atoms with Crippen LogP contribution >= 0.6 is 0 Å². The predicted octanol–water partition coefficient (Wildman–Crippen LogP) is 4.52. The maximum Gasteiger partial charge on any atom is 0.0991 e. The van der Waals surface area contributed by atoms with Crippen LogP contribution in [0, 0.1) is 11.3 Å². The van der Waals surface area contributed by atoms with E-state index in [0.717, 1.165) is 18.4 Å². The number of rotatable bonds is 8. The minimum absolute atomic E-state index is 0.612. The molecule has 0 aromatic heterocycles. The molecule has 1 N–H and O–H groups in total. The quantitative estimate of drug-likeness (QED) is 0.698. The zero-order chi connectivity index (χ0) is 14.1. The number of unbranched alkanes of at least 4 members (excludes halogenated alkanes) is 5. The van der Waals surface area contributed by atoms with E-state index in [2.05, 4.69) is 13.0 Å². The molecule has 19 heavy (non-hydrogen) atoms. The lowest BCUT2D eigenvalue weighted by Gasteiger charge is -2.24. The maximum atomic E-state index is 10.5. The molecule has 0 saturated heterocycles. The molecule has 0 radical (unpaired) electrons. The van der Waals surface area contributed by atoms with Crippen LogP contribution in [0.1, 0.15) is 69.9 Å². The van der Waals surface area contributed by atoms with E-state index in [1.165, 1.54) is 32.1 Å². The summed E-state index contributed by atoms with van der Waals surface area (Å²) in [6.45, 7) is 4.06. The predicted molar refractivity (Wildman–Crippen MR) is 78.7 cm³/mol. The lowest BCUT2D eigenvalue weighted by atomic mass is 9.89. The highest BCUT2D eigenvalue weighted by Gasteiger charge is 2.22. The van der Waals surface area contributed by atoms with Gasteiger partial charge < -0.3 is 5.11 Å². The summed E-state index contributed by atoms with van der Waals surface area (Å²) in [6.07, 6.45) is 8.08. The van der Waals surface area contributed by atoms with Crippen LogP contribution in [0.5, 0.6) is 0 Å². The molecule has 0 amide bonds. The van der Waals surface area contributed by atoms with Gasteiger partial charge in [0.15, 0.2) is 0 Å². The zero-order valence-electron chi connectivity index (χ0n) is 12.2. The molecule has 1 rings (SSSR count). The fraction of sp³-hybridized carbons (Fsp3) is 0.588. The van der Waals surface area contributed by atoms with Crippen molar-refractivity contribution < 1.29 is 5.11 Å². The Bertz CT molecular complexity index is 418. The first kappa shape index (κ1) is 15.7. The van der Waals surface area contributed by atoms with Gasteiger partial charge in [-0.1, -0.05) is 57.6 Å². The second-order valence-corrected chi connectivity index (χ2v) is 5.48. The lowest BCUT2D eigenvalue weighted by Crippen LogP contribution is -2.21. The molecule has 1 unspecified atom stereocenters. The van der Waals surface area contributed by atoms with Crippen molar-refractivity contribution >= 4 is 0 Å². The second-order valence-electron chi connectivity index (χ2n) is 5.48. The molecule has 0 aliphatic heterocycles. The van der Waals surface area contributed by atoms with Gasteiger partial charge in [-0.3, -0.25) is 0 Å². The van der Waals surface area contributed by atoms with Crippen LogP contribution in [0.2, 0.25) is 0 Å². The Hall–Kier alpha value is -1.33. The Morgan fingerprint density at radius 3 is 2.53 bits per heavy atom. The number of aliphatic hydroxyl groups is 1. The van der Waals surface area contributed by atoms with Crippen molar-refractivity contribution in [2.45, 2.75) is 64.4 Å². The highest BCUT2D eigenvalue weighted by Crippen LogP contribution is 2.27. The summed E-state index contributed by atoms with van der Waals surface area (Å²) in [7, 11) is 0. The molecular weight excluding hydrogens is 234 g/mol. The summed E-state index contributed by atoms with van der Waals surface area (Å²) in [6, 6.07) is 9.41. The van der Waals surface area contributed by atoms with Crippen molar-refractivity contribution in [2.75, 3.05) is 0 Å². The van der Waals surface area contributed by atoms with Gasteiger partial charge in [0.1, 0.15) is 0 Å². The highest BCUT2D eigenvalue weighted by atomic mass is 16.3. The third-order valence-corrected chi connectivity index (χ3v) is 3.63. The maximum absolute atomic E-state index is 10.5. The molecule has 1 aromatic carbocycles. The Labute approximate surface area is 117 Å². The number of benzene rings is 1. The highest BCUT2D eigenvalue weighted by molar-refractivity contribution is 5.35. The Kier molecular flexibility index (Phi) is 6.59. The number of hydrogen-bond acceptors (Lipinski definition) is 2. The first-order chi connectivity index (χ1) is 9.10. The summed E-state index contributed by atoms with van der Waals surface area (Å²) in [5, 5.41) is 19.4. The molecule has 1 aromatic rings. The standard InChI is InChI=1S/C17H25NO/c1-3-4-5-6-7-8-12-17(2,19)16-11-9-10-15(13-16)14-18/h9-11,13,19H,3-8,12H2,1-2H3. The van der Waals surface area contributed by atoms with E-state index >= 15 is 0 Å². The van der Waals surface area contributed by atoms with Crippen LogP contribution in [0.3, 0.4) is 0 Å². The number of nitrogens with zero attached hydrogens (tertiary/aromatic N) is 1. The molecule has 0 bridgehead atoms. The molecule has 0 aliphatic rings. The van der Waals surface area contributed by atoms with Crippen molar-refractivity contribution in [3.05, 3.63) is 35.4 Å². The minimum Gasteiger partial charge on any atom is -0.385 e. The third-order valence-electron chi connectivity index (χ3n) is 3.63. The zero-order valence-corrected chi connectivity index (χ0v) is 12.2. The van der Waals surface area contributed by atoms with Gasteiger partial charge >= 0.3 is 0 Å². The van der Waals surface area contributed by atoms with Crippen molar-refractivity contribution in [3.8, 4) is 6.07 Å². The number of hydrogen-bond donors (Lipinski definition) is 1. The van der Waals surface area contributed by atoms with Crippen LogP contribution in [-0.2, 0) is 5.60 Å². The van der Waals surface area contributed by atoms with Gasteiger partial charge in [0.05, 0.1) is 17.2 Å². The van der Waals surface area contributed by atoms with E-state index in [9.17, 15) is 5.11 Å². The molecule has 104 valence electrons. The smallest absolute Gasteiger partial charge is 0.0991 e. The van der Waals surface area contributed by atoms with Crippen LogP contribution < -0.4 is 0 Å². The van der Waals surface area contributed by atoms with Crippen molar-refractivity contribution in [3.63, 3.8) is 0 Å². The normalized spacial score (nSPS) is 13.8. The Balaban J connectivity index is 2.44. The summed E-state index contributed by atoms with van der Waals surface area (Å²) in [5.74, 6) is 0. The fourth-order valence-electron chi connectivity index (χ4n) is 2.32. The summed E-state index contributed by atoms with van der Waals surface area (Å²) < 4.78 is 0. The van der Waals surface area contributed by atoms with Gasteiger partial charge in [-0.15, -0.1) is 0 Å². The molecule has 0 fully saturated rings. The van der Waals surface area contributed by atoms with Crippen LogP contribution in [0.4, 0.5) is 0 Å². The van der Waals surface area contributed by atoms with Gasteiger partial charge in [-0.25, -0.2) is 0 Å². The minimum atomic E-state index is -0.822. The Morgan fingerprint density at radius 2 is 1.84 bits per heavy atom. The van der Waals surface area contributed by atoms with Crippen molar-refractivity contribution in [1.29, 1.82) is 5.26 Å². The van der Waals surface area contributed by atoms with Gasteiger partial charge in [0.2, 0.25) is 0 Å². The van der Waals surface area contributed by atoms with Gasteiger partial charge in [-0.2, -0.15) is 5.26 Å². The summed E-state index contributed by atoms with van der Waals surface area (Å²) in [5.41, 5.74) is 0.637. The lowest BCUT2D eigenvalue weighted by molar-refractivity contribution is 0.0448. The SMILES string of the molecule is CCCCCCCCC(C)(O)c1cccc(C#N)c1. The largest absolute Gasteiger partial charge is 0.385 e. The van der Waals surface area contributed by atoms with E-state index in [-0.39, 0.29) is 0 Å². The van der Waals surface area contributed by atoms with E-state index in [1.54, 1.807) is 12.1 Å². The molecule has 0 saturated carbocycles. The van der Waals surface area contributed by atoms with Gasteiger partial charge in [0, 0.05) is 0 Å². The first-order valence-electron chi connectivity index (χ1n) is 7.33. The van der Waals surface area contributed by atoms with Gasteiger partial charge in [-0.05, 0) is 31.0 Å². The topological polar surface area (TPSA) is 44.0 Å². The van der Waals surface area contributed by atoms with Gasteiger partial charge in [0.25, 0.3) is 0 Å². The Morgan fingerprint density at radius 1 is 1.16 bits per heavy atom. The number of nitriles is 1. The summed E-state index contributed by atoms with van der Waals surface area (Å²) in [4.78, 5) is 0. The van der Waals surface area contributed by atoms with Crippen molar-refractivity contribution in [2.24, 2.45) is 0 Å². The monoisotopic (exact) mass is 259 g/mol.